The molecule has 7 heteroatoms. The normalized spacial score (nSPS) is 43.5. The molecule has 1 N–H and O–H groups in total. The molecule has 7 nitrogen and oxygen atoms in total. The molecule has 4 aliphatic carbocycles. The predicted octanol–water partition coefficient (Wildman–Crippen LogP) is 5.07. The zero-order valence-corrected chi connectivity index (χ0v) is 23.7. The minimum Gasteiger partial charge on any atom is -0.466 e. The fourth-order valence-corrected chi connectivity index (χ4v) is 9.63. The van der Waals surface area contributed by atoms with Crippen LogP contribution in [0.4, 0.5) is 0 Å². The van der Waals surface area contributed by atoms with Gasteiger partial charge in [0, 0.05) is 26.2 Å². The van der Waals surface area contributed by atoms with E-state index in [1.807, 2.05) is 6.92 Å². The highest BCUT2D eigenvalue weighted by Gasteiger charge is 2.66. The van der Waals surface area contributed by atoms with Gasteiger partial charge in [-0.25, -0.2) is 0 Å². The minimum atomic E-state index is -0.767. The van der Waals surface area contributed by atoms with Crippen LogP contribution in [0, 0.1) is 46.3 Å². The lowest BCUT2D eigenvalue weighted by Gasteiger charge is -2.64. The lowest BCUT2D eigenvalue weighted by molar-refractivity contribution is -0.235. The Kier molecular flexibility index (Phi) is 8.33. The molecule has 0 radical (unpaired) electrons. The van der Waals surface area contributed by atoms with E-state index in [0.717, 1.165) is 44.9 Å². The summed E-state index contributed by atoms with van der Waals surface area (Å²) in [6.45, 7) is 12.1. The highest BCUT2D eigenvalue weighted by atomic mass is 16.6. The van der Waals surface area contributed by atoms with Crippen molar-refractivity contribution in [2.45, 2.75) is 118 Å². The standard InChI is InChI=1S/C30H48O7/c1-7-35-25(33)11-8-17(2)21-9-10-22-26-23(13-15-29(21,22)5)30(6)14-12-20(36-18(3)31)16-24(30)27(34)28(26)37-19(4)32/h17,20-24,26-28,34H,7-16H2,1-6H3/t17-,20-,21-,22+,23+,24+,26+,27+,28+,29-,30-/m1/s1. The van der Waals surface area contributed by atoms with E-state index >= 15 is 0 Å². The Morgan fingerprint density at radius 1 is 0.919 bits per heavy atom. The minimum absolute atomic E-state index is 0.0683. The van der Waals surface area contributed by atoms with Gasteiger partial charge in [0.25, 0.3) is 0 Å². The molecule has 0 aromatic heterocycles. The predicted molar refractivity (Wildman–Crippen MR) is 138 cm³/mol. The SMILES string of the molecule is CCOC(=O)CC[C@@H](C)[C@H]1CC[C@H]2[C@@H]3[C@H](OC(C)=O)[C@@H](O)[C@@H]4C[C@H](OC(C)=O)CC[C@]4(C)[C@H]3CC[C@]12C. The lowest BCUT2D eigenvalue weighted by Crippen LogP contribution is -2.65. The maximum Gasteiger partial charge on any atom is 0.305 e. The Balaban J connectivity index is 1.59. The summed E-state index contributed by atoms with van der Waals surface area (Å²) in [5.41, 5.74) is 0.0117. The molecule has 0 aromatic carbocycles. The van der Waals surface area contributed by atoms with Crippen molar-refractivity contribution in [3.63, 3.8) is 0 Å². The van der Waals surface area contributed by atoms with Gasteiger partial charge in [0.1, 0.15) is 12.2 Å². The van der Waals surface area contributed by atoms with Crippen molar-refractivity contribution in [1.29, 1.82) is 0 Å². The van der Waals surface area contributed by atoms with E-state index in [0.29, 0.717) is 43.1 Å². The van der Waals surface area contributed by atoms with Crippen LogP contribution in [0.2, 0.25) is 0 Å². The largest absolute Gasteiger partial charge is 0.466 e. The Bertz CT molecular complexity index is 872. The van der Waals surface area contributed by atoms with Crippen LogP contribution in [0.1, 0.15) is 99.3 Å². The molecule has 0 amide bonds. The highest BCUT2D eigenvalue weighted by Crippen LogP contribution is 2.68. The number of ether oxygens (including phenoxy) is 3. The maximum atomic E-state index is 12.3. The van der Waals surface area contributed by atoms with Crippen molar-refractivity contribution in [2.75, 3.05) is 6.61 Å². The Morgan fingerprint density at radius 3 is 2.22 bits per heavy atom. The molecule has 0 bridgehead atoms. The first-order valence-electron chi connectivity index (χ1n) is 14.6. The van der Waals surface area contributed by atoms with Crippen LogP contribution in [0.25, 0.3) is 0 Å². The molecule has 4 saturated carbocycles. The van der Waals surface area contributed by atoms with Crippen molar-refractivity contribution in [2.24, 2.45) is 46.3 Å². The van der Waals surface area contributed by atoms with E-state index in [1.165, 1.54) is 13.8 Å². The van der Waals surface area contributed by atoms with Crippen LogP contribution >= 0.6 is 0 Å². The summed E-state index contributed by atoms with van der Waals surface area (Å²) in [4.78, 5) is 36.0. The summed E-state index contributed by atoms with van der Waals surface area (Å²) in [7, 11) is 0. The quantitative estimate of drug-likeness (QED) is 0.370. The number of carbonyl (C=O) groups is 3. The molecule has 0 aromatic rings. The summed E-state index contributed by atoms with van der Waals surface area (Å²) in [6, 6.07) is 0. The average Bonchev–Trinajstić information content (AvgIpc) is 3.17. The summed E-state index contributed by atoms with van der Waals surface area (Å²) < 4.78 is 16.7. The number of esters is 3. The molecule has 4 rings (SSSR count). The number of aliphatic hydroxyl groups is 1. The molecule has 37 heavy (non-hydrogen) atoms. The van der Waals surface area contributed by atoms with Gasteiger partial charge >= 0.3 is 17.9 Å². The van der Waals surface area contributed by atoms with E-state index in [-0.39, 0.29) is 46.7 Å². The van der Waals surface area contributed by atoms with Gasteiger partial charge < -0.3 is 19.3 Å². The smallest absolute Gasteiger partial charge is 0.305 e. The van der Waals surface area contributed by atoms with Gasteiger partial charge in [0.2, 0.25) is 0 Å². The van der Waals surface area contributed by atoms with Crippen molar-refractivity contribution in [3.05, 3.63) is 0 Å². The maximum absolute atomic E-state index is 12.3. The summed E-state index contributed by atoms with van der Waals surface area (Å²) in [5.74, 6) is 0.921. The van der Waals surface area contributed by atoms with Crippen molar-refractivity contribution >= 4 is 17.9 Å². The third-order valence-corrected chi connectivity index (χ3v) is 11.2. The van der Waals surface area contributed by atoms with Gasteiger partial charge in [-0.2, -0.15) is 0 Å². The van der Waals surface area contributed by atoms with Crippen molar-refractivity contribution in [1.82, 2.24) is 0 Å². The van der Waals surface area contributed by atoms with Crippen molar-refractivity contribution in [3.8, 4) is 0 Å². The Labute approximate surface area is 222 Å². The Hall–Kier alpha value is -1.63. The molecule has 4 aliphatic rings. The molecule has 4 fully saturated rings. The van der Waals surface area contributed by atoms with Crippen LogP contribution in [0.5, 0.6) is 0 Å². The van der Waals surface area contributed by atoms with Gasteiger partial charge in [0.15, 0.2) is 0 Å². The first-order chi connectivity index (χ1) is 17.4. The first-order valence-corrected chi connectivity index (χ1v) is 14.6. The van der Waals surface area contributed by atoms with Gasteiger partial charge in [-0.05, 0) is 98.7 Å². The third-order valence-electron chi connectivity index (χ3n) is 11.2. The molecular weight excluding hydrogens is 472 g/mol. The molecule has 210 valence electrons. The van der Waals surface area contributed by atoms with E-state index in [2.05, 4.69) is 20.8 Å². The van der Waals surface area contributed by atoms with Crippen LogP contribution in [-0.4, -0.2) is 47.9 Å². The van der Waals surface area contributed by atoms with Crippen LogP contribution in [0.3, 0.4) is 0 Å². The molecule has 0 spiro atoms. The average molecular weight is 521 g/mol. The van der Waals surface area contributed by atoms with E-state index in [4.69, 9.17) is 14.2 Å². The molecule has 11 atom stereocenters. The van der Waals surface area contributed by atoms with Crippen LogP contribution in [-0.2, 0) is 28.6 Å². The number of hydrogen-bond donors (Lipinski definition) is 1. The van der Waals surface area contributed by atoms with E-state index < -0.39 is 12.2 Å². The van der Waals surface area contributed by atoms with Gasteiger partial charge in [-0.15, -0.1) is 0 Å². The van der Waals surface area contributed by atoms with Gasteiger partial charge in [-0.1, -0.05) is 20.8 Å². The number of rotatable bonds is 7. The monoisotopic (exact) mass is 520 g/mol. The van der Waals surface area contributed by atoms with Crippen molar-refractivity contribution < 1.29 is 33.7 Å². The Morgan fingerprint density at radius 2 is 1.57 bits per heavy atom. The first kappa shape index (κ1) is 28.4. The van der Waals surface area contributed by atoms with Crippen LogP contribution < -0.4 is 0 Å². The second kappa shape index (κ2) is 10.9. The zero-order valence-electron chi connectivity index (χ0n) is 23.7. The molecule has 0 heterocycles. The lowest BCUT2D eigenvalue weighted by atomic mass is 9.43. The highest BCUT2D eigenvalue weighted by molar-refractivity contribution is 5.69. The summed E-state index contributed by atoms with van der Waals surface area (Å²) in [5, 5.41) is 11.8. The van der Waals surface area contributed by atoms with Gasteiger partial charge in [-0.3, -0.25) is 14.4 Å². The molecule has 0 aliphatic heterocycles. The number of aliphatic hydroxyl groups excluding tert-OH is 1. The fourth-order valence-electron chi connectivity index (χ4n) is 9.63. The fraction of sp³-hybridized carbons (Fsp3) is 0.900. The van der Waals surface area contributed by atoms with Gasteiger partial charge in [0.05, 0.1) is 12.7 Å². The number of carbonyl (C=O) groups excluding carboxylic acids is 3. The van der Waals surface area contributed by atoms with E-state index in [1.54, 1.807) is 0 Å². The number of fused-ring (bicyclic) bond motifs is 5. The van der Waals surface area contributed by atoms with E-state index in [9.17, 15) is 19.5 Å². The second-order valence-corrected chi connectivity index (χ2v) is 13.0. The third kappa shape index (κ3) is 5.18. The summed E-state index contributed by atoms with van der Waals surface area (Å²) in [6.07, 6.45) is 6.46. The zero-order chi connectivity index (χ0) is 27.1. The second-order valence-electron chi connectivity index (χ2n) is 13.0. The van der Waals surface area contributed by atoms with Crippen LogP contribution in [0.15, 0.2) is 0 Å². The molecule has 0 unspecified atom stereocenters. The molecular formula is C30H48O7. The topological polar surface area (TPSA) is 99.1 Å². The molecule has 0 saturated heterocycles. The number of hydrogen-bond acceptors (Lipinski definition) is 7. The summed E-state index contributed by atoms with van der Waals surface area (Å²) >= 11 is 0.